The fourth-order valence-corrected chi connectivity index (χ4v) is 1.67. The average molecular weight is 282 g/mol. The molecule has 0 atom stereocenters. The summed E-state index contributed by atoms with van der Waals surface area (Å²) < 4.78 is 10.5. The number of halogens is 1. The molecule has 1 aromatic carbocycles. The molecule has 0 bridgehead atoms. The number of hydrogen-bond acceptors (Lipinski definition) is 4. The molecule has 0 N–H and O–H groups in total. The number of benzene rings is 1. The molecule has 0 fully saturated rings. The summed E-state index contributed by atoms with van der Waals surface area (Å²) in [6, 6.07) is 3.27. The summed E-state index contributed by atoms with van der Waals surface area (Å²) in [5.74, 6) is 0.319. The van der Waals surface area contributed by atoms with Gasteiger partial charge in [0.05, 0.1) is 12.3 Å². The second kappa shape index (κ2) is 6.95. The fraction of sp³-hybridized carbons (Fsp3) is 0.286. The van der Waals surface area contributed by atoms with Crippen LogP contribution in [0.4, 0.5) is 5.69 Å². The van der Waals surface area contributed by atoms with Crippen molar-refractivity contribution in [2.24, 2.45) is 4.99 Å². The lowest BCUT2D eigenvalue weighted by atomic mass is 10.1. The molecule has 0 aromatic heterocycles. The Labute approximate surface area is 117 Å². The van der Waals surface area contributed by atoms with Crippen LogP contribution < -0.4 is 9.47 Å². The predicted molar refractivity (Wildman–Crippen MR) is 77.6 cm³/mol. The van der Waals surface area contributed by atoms with Gasteiger partial charge in [0.2, 0.25) is 0 Å². The highest BCUT2D eigenvalue weighted by Crippen LogP contribution is 2.39. The van der Waals surface area contributed by atoms with E-state index in [1.165, 1.54) is 6.92 Å². The molecule has 0 aliphatic rings. The van der Waals surface area contributed by atoms with Gasteiger partial charge in [-0.3, -0.25) is 9.79 Å². The van der Waals surface area contributed by atoms with Gasteiger partial charge >= 0.3 is 5.97 Å². The van der Waals surface area contributed by atoms with E-state index in [0.717, 1.165) is 0 Å². The molecule has 0 saturated heterocycles. The third kappa shape index (κ3) is 4.10. The van der Waals surface area contributed by atoms with E-state index in [-0.39, 0.29) is 0 Å². The van der Waals surface area contributed by atoms with Gasteiger partial charge in [-0.1, -0.05) is 18.2 Å². The fourth-order valence-electron chi connectivity index (χ4n) is 1.52. The van der Waals surface area contributed by atoms with Crippen molar-refractivity contribution in [1.82, 2.24) is 0 Å². The minimum absolute atomic E-state index is 0.307. The number of ether oxygens (including phenoxy) is 2. The van der Waals surface area contributed by atoms with Crippen LogP contribution >= 0.6 is 11.6 Å². The summed E-state index contributed by atoms with van der Waals surface area (Å²) in [5, 5.41) is 0.317. The zero-order valence-corrected chi connectivity index (χ0v) is 12.0. The third-order valence-electron chi connectivity index (χ3n) is 2.18. The molecule has 4 nitrogen and oxygen atoms in total. The van der Waals surface area contributed by atoms with Crippen molar-refractivity contribution in [3.8, 4) is 11.5 Å². The summed E-state index contributed by atoms with van der Waals surface area (Å²) >= 11 is 5.93. The maximum absolute atomic E-state index is 11.1. The number of carbonyl (C=O) groups is 1. The first-order chi connectivity index (χ1) is 8.99. The molecule has 5 heteroatoms. The molecule has 0 unspecified atom stereocenters. The SMILES string of the molecule is C=C(Cl)c1cc(OC(C)=O)c(OCC)cc1N=CC. The predicted octanol–water partition coefficient (Wildman–Crippen LogP) is 3.94. The van der Waals surface area contributed by atoms with Crippen LogP contribution in [0.1, 0.15) is 26.3 Å². The van der Waals surface area contributed by atoms with Crippen LogP contribution in [0.3, 0.4) is 0 Å². The monoisotopic (exact) mass is 281 g/mol. The van der Waals surface area contributed by atoms with E-state index in [1.807, 2.05) is 6.92 Å². The molecule has 0 heterocycles. The van der Waals surface area contributed by atoms with Gasteiger partial charge in [0.15, 0.2) is 11.5 Å². The maximum atomic E-state index is 11.1. The molecule has 0 aliphatic heterocycles. The highest BCUT2D eigenvalue weighted by Gasteiger charge is 2.14. The molecule has 0 spiro atoms. The van der Waals surface area contributed by atoms with Crippen LogP contribution in [0.2, 0.25) is 0 Å². The Morgan fingerprint density at radius 1 is 1.47 bits per heavy atom. The van der Waals surface area contributed by atoms with Crippen LogP contribution in [-0.4, -0.2) is 18.8 Å². The molecule has 0 amide bonds. The van der Waals surface area contributed by atoms with E-state index >= 15 is 0 Å². The van der Waals surface area contributed by atoms with Crippen molar-refractivity contribution in [1.29, 1.82) is 0 Å². The molecular weight excluding hydrogens is 266 g/mol. The standard InChI is InChI=1S/C14H16ClNO3/c1-5-16-12-8-13(18-6-2)14(19-10(4)17)7-11(12)9(3)15/h5,7-8H,3,6H2,1-2,4H3. The Hall–Kier alpha value is -1.81. The van der Waals surface area contributed by atoms with Crippen LogP contribution in [-0.2, 0) is 4.79 Å². The van der Waals surface area contributed by atoms with Crippen molar-refractivity contribution < 1.29 is 14.3 Å². The summed E-state index contributed by atoms with van der Waals surface area (Å²) in [6.45, 7) is 9.08. The van der Waals surface area contributed by atoms with Crippen molar-refractivity contribution in [3.05, 3.63) is 24.3 Å². The lowest BCUT2D eigenvalue weighted by molar-refractivity contribution is -0.132. The van der Waals surface area contributed by atoms with Gasteiger partial charge in [-0.05, 0) is 19.9 Å². The molecule has 0 saturated carbocycles. The van der Waals surface area contributed by atoms with Gasteiger partial charge in [0.1, 0.15) is 0 Å². The molecule has 1 rings (SSSR count). The number of hydrogen-bond donors (Lipinski definition) is 0. The van der Waals surface area contributed by atoms with E-state index in [0.29, 0.717) is 34.4 Å². The highest BCUT2D eigenvalue weighted by molar-refractivity contribution is 6.48. The van der Waals surface area contributed by atoms with Gasteiger partial charge in [0.25, 0.3) is 0 Å². The van der Waals surface area contributed by atoms with Crippen LogP contribution in [0.25, 0.3) is 5.03 Å². The molecule has 1 aromatic rings. The van der Waals surface area contributed by atoms with Gasteiger partial charge in [-0.2, -0.15) is 0 Å². The van der Waals surface area contributed by atoms with Crippen molar-refractivity contribution in [3.63, 3.8) is 0 Å². The van der Waals surface area contributed by atoms with Crippen LogP contribution in [0.15, 0.2) is 23.7 Å². The van der Waals surface area contributed by atoms with Crippen molar-refractivity contribution in [2.75, 3.05) is 6.61 Å². The quantitative estimate of drug-likeness (QED) is 0.466. The number of rotatable bonds is 5. The molecular formula is C14H16ClNO3. The minimum atomic E-state index is -0.432. The highest BCUT2D eigenvalue weighted by atomic mass is 35.5. The molecule has 0 radical (unpaired) electrons. The second-order valence-electron chi connectivity index (χ2n) is 3.63. The molecule has 0 aliphatic carbocycles. The first-order valence-electron chi connectivity index (χ1n) is 5.82. The maximum Gasteiger partial charge on any atom is 0.308 e. The molecule has 19 heavy (non-hydrogen) atoms. The summed E-state index contributed by atoms with van der Waals surface area (Å²) in [5.41, 5.74) is 1.21. The molecule has 102 valence electrons. The Bertz CT molecular complexity index is 524. The van der Waals surface area contributed by atoms with E-state index in [1.54, 1.807) is 25.3 Å². The van der Waals surface area contributed by atoms with E-state index in [2.05, 4.69) is 11.6 Å². The van der Waals surface area contributed by atoms with Crippen LogP contribution in [0, 0.1) is 0 Å². The Morgan fingerprint density at radius 3 is 2.63 bits per heavy atom. The van der Waals surface area contributed by atoms with E-state index in [9.17, 15) is 4.79 Å². The van der Waals surface area contributed by atoms with E-state index in [4.69, 9.17) is 21.1 Å². The first kappa shape index (κ1) is 15.2. The lowest BCUT2D eigenvalue weighted by Crippen LogP contribution is -2.04. The smallest absolute Gasteiger partial charge is 0.308 e. The zero-order chi connectivity index (χ0) is 14.4. The number of aliphatic imine (C=N–C) groups is 1. The zero-order valence-electron chi connectivity index (χ0n) is 11.2. The van der Waals surface area contributed by atoms with Gasteiger partial charge in [-0.25, -0.2) is 0 Å². The topological polar surface area (TPSA) is 47.9 Å². The minimum Gasteiger partial charge on any atom is -0.490 e. The Kier molecular flexibility index (Phi) is 5.57. The van der Waals surface area contributed by atoms with Crippen LogP contribution in [0.5, 0.6) is 11.5 Å². The summed E-state index contributed by atoms with van der Waals surface area (Å²) in [6.07, 6.45) is 1.64. The largest absolute Gasteiger partial charge is 0.490 e. The number of carbonyl (C=O) groups excluding carboxylic acids is 1. The van der Waals surface area contributed by atoms with Gasteiger partial charge in [0, 0.05) is 29.8 Å². The second-order valence-corrected chi connectivity index (χ2v) is 4.09. The third-order valence-corrected chi connectivity index (χ3v) is 2.38. The summed E-state index contributed by atoms with van der Waals surface area (Å²) in [4.78, 5) is 15.3. The summed E-state index contributed by atoms with van der Waals surface area (Å²) in [7, 11) is 0. The van der Waals surface area contributed by atoms with Crippen molar-refractivity contribution >= 4 is 34.5 Å². The van der Waals surface area contributed by atoms with Gasteiger partial charge in [-0.15, -0.1) is 0 Å². The first-order valence-corrected chi connectivity index (χ1v) is 6.20. The lowest BCUT2D eigenvalue weighted by Gasteiger charge is -2.13. The van der Waals surface area contributed by atoms with E-state index < -0.39 is 5.97 Å². The Morgan fingerprint density at radius 2 is 2.16 bits per heavy atom. The number of nitrogens with zero attached hydrogens (tertiary/aromatic N) is 1. The Balaban J connectivity index is 3.39. The normalized spacial score (nSPS) is 10.5. The van der Waals surface area contributed by atoms with Gasteiger partial charge < -0.3 is 9.47 Å². The average Bonchev–Trinajstić information content (AvgIpc) is 2.32. The van der Waals surface area contributed by atoms with Crippen molar-refractivity contribution in [2.45, 2.75) is 20.8 Å². The number of esters is 1.